The summed E-state index contributed by atoms with van der Waals surface area (Å²) in [4.78, 5) is 2.00. The summed E-state index contributed by atoms with van der Waals surface area (Å²) < 4.78 is 58.2. The van der Waals surface area contributed by atoms with Gasteiger partial charge in [0.05, 0.1) is 12.0 Å². The highest BCUT2D eigenvalue weighted by atomic mass is 32.2. The third-order valence-electron chi connectivity index (χ3n) is 4.19. The summed E-state index contributed by atoms with van der Waals surface area (Å²) in [5, 5.41) is 0. The van der Waals surface area contributed by atoms with Gasteiger partial charge in [-0.15, -0.1) is 0 Å². The molecule has 1 aliphatic heterocycles. The van der Waals surface area contributed by atoms with E-state index in [1.54, 1.807) is 12.1 Å². The molecule has 0 bridgehead atoms. The Morgan fingerprint density at radius 1 is 0.960 bits per heavy atom. The Morgan fingerprint density at radius 3 is 2.20 bits per heavy atom. The molecule has 0 spiro atoms. The third-order valence-corrected chi connectivity index (χ3v) is 6.09. The zero-order valence-electron chi connectivity index (χ0n) is 13.7. The van der Waals surface area contributed by atoms with E-state index in [9.17, 15) is 17.2 Å². The first-order valence-corrected chi connectivity index (χ1v) is 9.20. The summed E-state index contributed by atoms with van der Waals surface area (Å²) in [6.45, 7) is 1.56. The summed E-state index contributed by atoms with van der Waals surface area (Å²) in [5.41, 5.74) is 0.849. The van der Waals surface area contributed by atoms with E-state index in [4.69, 9.17) is 4.74 Å². The van der Waals surface area contributed by atoms with Gasteiger partial charge in [-0.2, -0.15) is 4.31 Å². The van der Waals surface area contributed by atoms with Crippen LogP contribution in [0.15, 0.2) is 47.4 Å². The predicted octanol–water partition coefficient (Wildman–Crippen LogP) is 2.48. The maximum Gasteiger partial charge on any atom is 0.243 e. The van der Waals surface area contributed by atoms with Gasteiger partial charge in [-0.25, -0.2) is 17.2 Å². The second-order valence-electron chi connectivity index (χ2n) is 5.66. The molecule has 0 aliphatic carbocycles. The van der Waals surface area contributed by atoms with E-state index in [1.807, 2.05) is 4.90 Å². The summed E-state index contributed by atoms with van der Waals surface area (Å²) >= 11 is 0. The molecule has 0 atom stereocenters. The number of hydrogen-bond acceptors (Lipinski definition) is 4. The van der Waals surface area contributed by atoms with Crippen LogP contribution >= 0.6 is 0 Å². The van der Waals surface area contributed by atoms with Crippen LogP contribution in [-0.4, -0.2) is 46.0 Å². The molecule has 0 N–H and O–H groups in total. The summed E-state index contributed by atoms with van der Waals surface area (Å²) in [7, 11) is -2.44. The van der Waals surface area contributed by atoms with Crippen LogP contribution in [0.4, 0.5) is 14.5 Å². The standard InChI is InChI=1S/C17H18F2N2O3S/c1-24-17-12-15(6-7-16(17)19)25(22,23)21-10-8-20(9-11-21)14-4-2-13(18)3-5-14/h2-7,12H,8-11H2,1H3. The van der Waals surface area contributed by atoms with E-state index in [0.29, 0.717) is 26.2 Å². The maximum atomic E-state index is 13.5. The lowest BCUT2D eigenvalue weighted by molar-refractivity contribution is 0.378. The Hall–Kier alpha value is -2.19. The smallest absolute Gasteiger partial charge is 0.243 e. The molecule has 1 saturated heterocycles. The average molecular weight is 368 g/mol. The first-order chi connectivity index (χ1) is 11.9. The van der Waals surface area contributed by atoms with Crippen LogP contribution < -0.4 is 9.64 Å². The van der Waals surface area contributed by atoms with Crippen molar-refractivity contribution in [2.45, 2.75) is 4.90 Å². The van der Waals surface area contributed by atoms with Gasteiger partial charge in [0.15, 0.2) is 11.6 Å². The monoisotopic (exact) mass is 368 g/mol. The Labute approximate surface area is 145 Å². The average Bonchev–Trinajstić information content (AvgIpc) is 2.62. The number of rotatable bonds is 4. The van der Waals surface area contributed by atoms with Gasteiger partial charge in [-0.1, -0.05) is 0 Å². The number of anilines is 1. The molecule has 0 unspecified atom stereocenters. The van der Waals surface area contributed by atoms with E-state index < -0.39 is 15.8 Å². The van der Waals surface area contributed by atoms with E-state index in [2.05, 4.69) is 0 Å². The lowest BCUT2D eigenvalue weighted by Gasteiger charge is -2.35. The van der Waals surface area contributed by atoms with Gasteiger partial charge in [-0.05, 0) is 36.4 Å². The number of hydrogen-bond donors (Lipinski definition) is 0. The molecule has 134 valence electrons. The largest absolute Gasteiger partial charge is 0.494 e. The minimum atomic E-state index is -3.72. The number of ether oxygens (including phenoxy) is 1. The topological polar surface area (TPSA) is 49.9 Å². The molecule has 25 heavy (non-hydrogen) atoms. The minimum Gasteiger partial charge on any atom is -0.494 e. The van der Waals surface area contributed by atoms with Crippen molar-refractivity contribution in [2.24, 2.45) is 0 Å². The van der Waals surface area contributed by atoms with Crippen LogP contribution in [0.5, 0.6) is 5.75 Å². The second-order valence-corrected chi connectivity index (χ2v) is 7.60. The molecule has 1 aliphatic rings. The Balaban J connectivity index is 1.74. The first-order valence-electron chi connectivity index (χ1n) is 7.76. The van der Waals surface area contributed by atoms with Crippen molar-refractivity contribution < 1.29 is 21.9 Å². The minimum absolute atomic E-state index is 0.000909. The molecular weight excluding hydrogens is 350 g/mol. The van der Waals surface area contributed by atoms with Crippen LogP contribution in [0.2, 0.25) is 0 Å². The molecule has 2 aromatic carbocycles. The van der Waals surface area contributed by atoms with Crippen molar-refractivity contribution in [3.05, 3.63) is 54.1 Å². The number of methoxy groups -OCH3 is 1. The zero-order valence-corrected chi connectivity index (χ0v) is 14.5. The van der Waals surface area contributed by atoms with Gasteiger partial charge < -0.3 is 9.64 Å². The van der Waals surface area contributed by atoms with Crippen LogP contribution in [0.3, 0.4) is 0 Å². The molecule has 8 heteroatoms. The lowest BCUT2D eigenvalue weighted by Crippen LogP contribution is -2.48. The van der Waals surface area contributed by atoms with Gasteiger partial charge in [-0.3, -0.25) is 0 Å². The number of halogens is 2. The molecule has 5 nitrogen and oxygen atoms in total. The Kier molecular flexibility index (Phi) is 4.91. The van der Waals surface area contributed by atoms with E-state index in [1.165, 1.54) is 35.7 Å². The van der Waals surface area contributed by atoms with Gasteiger partial charge in [0.2, 0.25) is 10.0 Å². The lowest BCUT2D eigenvalue weighted by atomic mass is 10.2. The van der Waals surface area contributed by atoms with E-state index in [-0.39, 0.29) is 16.5 Å². The molecule has 0 radical (unpaired) electrons. The molecule has 1 fully saturated rings. The fourth-order valence-electron chi connectivity index (χ4n) is 2.79. The van der Waals surface area contributed by atoms with Crippen molar-refractivity contribution in [3.63, 3.8) is 0 Å². The fraction of sp³-hybridized carbons (Fsp3) is 0.294. The Bertz CT molecular complexity index is 849. The third kappa shape index (κ3) is 3.59. The van der Waals surface area contributed by atoms with Crippen LogP contribution in [0.1, 0.15) is 0 Å². The summed E-state index contributed by atoms with van der Waals surface area (Å²) in [6, 6.07) is 9.61. The highest BCUT2D eigenvalue weighted by molar-refractivity contribution is 7.89. The SMILES string of the molecule is COc1cc(S(=O)(=O)N2CCN(c3ccc(F)cc3)CC2)ccc1F. The van der Waals surface area contributed by atoms with Crippen molar-refractivity contribution in [1.82, 2.24) is 4.31 Å². The van der Waals surface area contributed by atoms with Gasteiger partial charge in [0.1, 0.15) is 5.82 Å². The number of sulfonamides is 1. The molecule has 0 saturated carbocycles. The van der Waals surface area contributed by atoms with Crippen molar-refractivity contribution >= 4 is 15.7 Å². The van der Waals surface area contributed by atoms with Gasteiger partial charge in [0, 0.05) is 37.9 Å². The summed E-state index contributed by atoms with van der Waals surface area (Å²) in [5.74, 6) is -1.02. The van der Waals surface area contributed by atoms with Crippen molar-refractivity contribution in [2.75, 3.05) is 38.2 Å². The van der Waals surface area contributed by atoms with Crippen molar-refractivity contribution in [1.29, 1.82) is 0 Å². The zero-order chi connectivity index (χ0) is 18.0. The fourth-order valence-corrected chi connectivity index (χ4v) is 4.23. The number of nitrogens with zero attached hydrogens (tertiary/aromatic N) is 2. The van der Waals surface area contributed by atoms with Crippen LogP contribution in [-0.2, 0) is 10.0 Å². The first kappa shape index (κ1) is 17.6. The second kappa shape index (κ2) is 6.97. The molecule has 3 rings (SSSR count). The highest BCUT2D eigenvalue weighted by Crippen LogP contribution is 2.25. The highest BCUT2D eigenvalue weighted by Gasteiger charge is 2.29. The van der Waals surface area contributed by atoms with Crippen LogP contribution in [0.25, 0.3) is 0 Å². The predicted molar refractivity (Wildman–Crippen MR) is 90.3 cm³/mol. The normalized spacial score (nSPS) is 16.0. The maximum absolute atomic E-state index is 13.5. The summed E-state index contributed by atoms with van der Waals surface area (Å²) in [6.07, 6.45) is 0. The molecule has 1 heterocycles. The van der Waals surface area contributed by atoms with Crippen molar-refractivity contribution in [3.8, 4) is 5.75 Å². The molecule has 0 aromatic heterocycles. The quantitative estimate of drug-likeness (QED) is 0.832. The Morgan fingerprint density at radius 2 is 1.60 bits per heavy atom. The van der Waals surface area contributed by atoms with Gasteiger partial charge >= 0.3 is 0 Å². The van der Waals surface area contributed by atoms with E-state index >= 15 is 0 Å². The molecule has 2 aromatic rings. The van der Waals surface area contributed by atoms with Crippen LogP contribution in [0, 0.1) is 11.6 Å². The van der Waals surface area contributed by atoms with Gasteiger partial charge in [0.25, 0.3) is 0 Å². The molecule has 0 amide bonds. The van der Waals surface area contributed by atoms with E-state index in [0.717, 1.165) is 11.8 Å². The molecular formula is C17H18F2N2O3S. The number of benzene rings is 2. The number of piperazine rings is 1.